The molecular formula is C14H20O. The fourth-order valence-corrected chi connectivity index (χ4v) is 2.51. The predicted octanol–water partition coefficient (Wildman–Crippen LogP) is 3.75. The lowest BCUT2D eigenvalue weighted by Crippen LogP contribution is -2.12. The molecule has 1 nitrogen and oxygen atoms in total. The van der Waals surface area contributed by atoms with Gasteiger partial charge in [-0.1, -0.05) is 19.9 Å². The summed E-state index contributed by atoms with van der Waals surface area (Å²) in [6.45, 7) is 9.81. The van der Waals surface area contributed by atoms with Gasteiger partial charge < -0.3 is 4.74 Å². The molecular weight excluding hydrogens is 184 g/mol. The van der Waals surface area contributed by atoms with Gasteiger partial charge in [-0.2, -0.15) is 0 Å². The summed E-state index contributed by atoms with van der Waals surface area (Å²) >= 11 is 0. The lowest BCUT2D eigenvalue weighted by atomic mass is 9.89. The standard InChI is InChI=1S/C14H20O/c1-9(2)13-8-10(3)14-12(11(13)4)6-5-7-15-14/h8-9H,5-7H2,1-4H3. The van der Waals surface area contributed by atoms with Crippen molar-refractivity contribution in [2.75, 3.05) is 6.61 Å². The molecule has 1 aliphatic heterocycles. The van der Waals surface area contributed by atoms with E-state index in [1.807, 2.05) is 0 Å². The first-order valence-electron chi connectivity index (χ1n) is 5.87. The van der Waals surface area contributed by atoms with Crippen LogP contribution in [0.15, 0.2) is 6.07 Å². The smallest absolute Gasteiger partial charge is 0.125 e. The number of ether oxygens (including phenoxy) is 1. The Morgan fingerprint density at radius 2 is 2.00 bits per heavy atom. The van der Waals surface area contributed by atoms with E-state index in [2.05, 4.69) is 33.8 Å². The molecule has 2 rings (SSSR count). The van der Waals surface area contributed by atoms with Crippen LogP contribution in [-0.4, -0.2) is 6.61 Å². The molecule has 0 aliphatic carbocycles. The van der Waals surface area contributed by atoms with Crippen molar-refractivity contribution in [1.82, 2.24) is 0 Å². The van der Waals surface area contributed by atoms with Gasteiger partial charge in [0.25, 0.3) is 0 Å². The lowest BCUT2D eigenvalue weighted by molar-refractivity contribution is 0.285. The van der Waals surface area contributed by atoms with Gasteiger partial charge in [0.2, 0.25) is 0 Å². The van der Waals surface area contributed by atoms with Crippen molar-refractivity contribution in [2.24, 2.45) is 0 Å². The summed E-state index contributed by atoms with van der Waals surface area (Å²) < 4.78 is 5.77. The predicted molar refractivity (Wildman–Crippen MR) is 63.8 cm³/mol. The molecule has 15 heavy (non-hydrogen) atoms. The van der Waals surface area contributed by atoms with Crippen LogP contribution in [0, 0.1) is 13.8 Å². The van der Waals surface area contributed by atoms with E-state index in [9.17, 15) is 0 Å². The molecule has 1 aromatic carbocycles. The van der Waals surface area contributed by atoms with Crippen molar-refractivity contribution in [3.8, 4) is 5.75 Å². The van der Waals surface area contributed by atoms with Crippen LogP contribution in [0.3, 0.4) is 0 Å². The highest BCUT2D eigenvalue weighted by Crippen LogP contribution is 2.35. The first-order valence-corrected chi connectivity index (χ1v) is 5.87. The van der Waals surface area contributed by atoms with Crippen LogP contribution >= 0.6 is 0 Å². The van der Waals surface area contributed by atoms with E-state index in [0.29, 0.717) is 5.92 Å². The van der Waals surface area contributed by atoms with E-state index < -0.39 is 0 Å². The SMILES string of the molecule is Cc1cc(C(C)C)c(C)c2c1OCCC2. The highest BCUT2D eigenvalue weighted by atomic mass is 16.5. The molecule has 0 amide bonds. The van der Waals surface area contributed by atoms with Crippen molar-refractivity contribution in [2.45, 2.75) is 46.5 Å². The number of benzene rings is 1. The number of aryl methyl sites for hydroxylation is 1. The Kier molecular flexibility index (Phi) is 2.72. The molecule has 0 atom stereocenters. The van der Waals surface area contributed by atoms with Gasteiger partial charge in [-0.25, -0.2) is 0 Å². The Bertz CT molecular complexity index is 377. The summed E-state index contributed by atoms with van der Waals surface area (Å²) in [4.78, 5) is 0. The Labute approximate surface area is 92.5 Å². The van der Waals surface area contributed by atoms with Gasteiger partial charge in [0.15, 0.2) is 0 Å². The van der Waals surface area contributed by atoms with E-state index in [1.165, 1.54) is 28.7 Å². The molecule has 0 saturated carbocycles. The monoisotopic (exact) mass is 204 g/mol. The summed E-state index contributed by atoms with van der Waals surface area (Å²) in [6.07, 6.45) is 2.34. The van der Waals surface area contributed by atoms with E-state index in [0.717, 1.165) is 18.8 Å². The molecule has 0 bridgehead atoms. The molecule has 1 heterocycles. The minimum absolute atomic E-state index is 0.607. The summed E-state index contributed by atoms with van der Waals surface area (Å²) in [7, 11) is 0. The zero-order valence-electron chi connectivity index (χ0n) is 10.2. The quantitative estimate of drug-likeness (QED) is 0.677. The van der Waals surface area contributed by atoms with E-state index in [1.54, 1.807) is 0 Å². The Balaban J connectivity index is 2.59. The normalized spacial score (nSPS) is 15.0. The third-order valence-electron chi connectivity index (χ3n) is 3.33. The van der Waals surface area contributed by atoms with Gasteiger partial charge in [-0.3, -0.25) is 0 Å². The largest absolute Gasteiger partial charge is 0.493 e. The lowest BCUT2D eigenvalue weighted by Gasteiger charge is -2.24. The number of hydrogen-bond donors (Lipinski definition) is 0. The van der Waals surface area contributed by atoms with Crippen LogP contribution in [0.25, 0.3) is 0 Å². The van der Waals surface area contributed by atoms with E-state index >= 15 is 0 Å². The summed E-state index contributed by atoms with van der Waals surface area (Å²) in [5, 5.41) is 0. The summed E-state index contributed by atoms with van der Waals surface area (Å²) in [6, 6.07) is 2.30. The van der Waals surface area contributed by atoms with Gasteiger partial charge in [0.1, 0.15) is 5.75 Å². The third-order valence-corrected chi connectivity index (χ3v) is 3.33. The number of rotatable bonds is 1. The molecule has 0 radical (unpaired) electrons. The van der Waals surface area contributed by atoms with E-state index in [4.69, 9.17) is 4.74 Å². The Morgan fingerprint density at radius 3 is 2.67 bits per heavy atom. The van der Waals surface area contributed by atoms with Crippen LogP contribution in [-0.2, 0) is 6.42 Å². The molecule has 0 saturated heterocycles. The fraction of sp³-hybridized carbons (Fsp3) is 0.571. The van der Waals surface area contributed by atoms with Gasteiger partial charge in [-0.05, 0) is 54.9 Å². The molecule has 1 aromatic rings. The van der Waals surface area contributed by atoms with Gasteiger partial charge in [0, 0.05) is 0 Å². The zero-order chi connectivity index (χ0) is 11.0. The topological polar surface area (TPSA) is 9.23 Å². The average molecular weight is 204 g/mol. The highest BCUT2D eigenvalue weighted by Gasteiger charge is 2.18. The Morgan fingerprint density at radius 1 is 1.27 bits per heavy atom. The second-order valence-electron chi connectivity index (χ2n) is 4.82. The molecule has 1 aliphatic rings. The summed E-state index contributed by atoms with van der Waals surface area (Å²) in [5.74, 6) is 1.76. The van der Waals surface area contributed by atoms with Crippen LogP contribution in [0.4, 0.5) is 0 Å². The maximum Gasteiger partial charge on any atom is 0.125 e. The van der Waals surface area contributed by atoms with E-state index in [-0.39, 0.29) is 0 Å². The molecule has 0 spiro atoms. The second-order valence-corrected chi connectivity index (χ2v) is 4.82. The molecule has 0 N–H and O–H groups in total. The third kappa shape index (κ3) is 1.75. The molecule has 0 fully saturated rings. The van der Waals surface area contributed by atoms with Gasteiger partial charge in [0.05, 0.1) is 6.61 Å². The van der Waals surface area contributed by atoms with Crippen LogP contribution in [0.2, 0.25) is 0 Å². The van der Waals surface area contributed by atoms with Gasteiger partial charge >= 0.3 is 0 Å². The molecule has 0 unspecified atom stereocenters. The molecule has 82 valence electrons. The van der Waals surface area contributed by atoms with Crippen molar-refractivity contribution >= 4 is 0 Å². The minimum Gasteiger partial charge on any atom is -0.493 e. The maximum atomic E-state index is 5.77. The summed E-state index contributed by atoms with van der Waals surface area (Å²) in [5.41, 5.74) is 5.69. The first-order chi connectivity index (χ1) is 7.11. The molecule has 0 aromatic heterocycles. The van der Waals surface area contributed by atoms with Crippen LogP contribution in [0.5, 0.6) is 5.75 Å². The minimum atomic E-state index is 0.607. The molecule has 1 heteroatoms. The Hall–Kier alpha value is -0.980. The van der Waals surface area contributed by atoms with Crippen LogP contribution in [0.1, 0.15) is 48.4 Å². The first kappa shape index (κ1) is 10.5. The van der Waals surface area contributed by atoms with Crippen molar-refractivity contribution in [3.63, 3.8) is 0 Å². The number of fused-ring (bicyclic) bond motifs is 1. The number of hydrogen-bond acceptors (Lipinski definition) is 1. The fourth-order valence-electron chi connectivity index (χ4n) is 2.51. The van der Waals surface area contributed by atoms with Gasteiger partial charge in [-0.15, -0.1) is 0 Å². The average Bonchev–Trinajstić information content (AvgIpc) is 2.23. The van der Waals surface area contributed by atoms with Crippen molar-refractivity contribution in [3.05, 3.63) is 28.3 Å². The second kappa shape index (κ2) is 3.88. The highest BCUT2D eigenvalue weighted by molar-refractivity contribution is 5.51. The van der Waals surface area contributed by atoms with Crippen LogP contribution < -0.4 is 4.74 Å². The van der Waals surface area contributed by atoms with Crippen molar-refractivity contribution in [1.29, 1.82) is 0 Å². The zero-order valence-corrected chi connectivity index (χ0v) is 10.2. The maximum absolute atomic E-state index is 5.77. The van der Waals surface area contributed by atoms with Crippen molar-refractivity contribution < 1.29 is 4.74 Å².